The highest BCUT2D eigenvalue weighted by atomic mass is 28.4. The Morgan fingerprint density at radius 2 is 0.507 bits per heavy atom. The van der Waals surface area contributed by atoms with Crippen LogP contribution in [-0.4, -0.2) is 63.1 Å². The Morgan fingerprint density at radius 1 is 0.265 bits per heavy atom. The lowest BCUT2D eigenvalue weighted by atomic mass is 9.82. The first-order valence-electron chi connectivity index (χ1n) is 50.1. The van der Waals surface area contributed by atoms with Gasteiger partial charge >= 0.3 is 0 Å². The fourth-order valence-electron chi connectivity index (χ4n) is 27.3. The number of rotatable bonds is 7. The van der Waals surface area contributed by atoms with E-state index in [4.69, 9.17) is 26.3 Å². The first-order chi connectivity index (χ1) is 66.8. The molecule has 5 aliphatic heterocycles. The van der Waals surface area contributed by atoms with Crippen LogP contribution in [0.15, 0.2) is 274 Å². The normalized spacial score (nSPS) is 15.2. The molecule has 136 heavy (non-hydrogen) atoms. The zero-order valence-electron chi connectivity index (χ0n) is 79.9. The largest absolute Gasteiger partial charge is 0.298 e. The topological polar surface area (TPSA) is 106 Å². The summed E-state index contributed by atoms with van der Waals surface area (Å²) in [6.07, 6.45) is 22.0. The van der Waals surface area contributed by atoms with Gasteiger partial charge in [-0.2, -0.15) is 22.0 Å². The van der Waals surface area contributed by atoms with Gasteiger partial charge in [-0.05, 0) is 204 Å². The zero-order valence-corrected chi connectivity index (χ0v) is 80.9. The van der Waals surface area contributed by atoms with E-state index in [1.807, 2.05) is 44.8 Å². The molecule has 662 valence electrons. The maximum Gasteiger partial charge on any atom is 0.298 e. The van der Waals surface area contributed by atoms with Crippen LogP contribution in [0.3, 0.4) is 0 Å². The van der Waals surface area contributed by atoms with Crippen LogP contribution < -0.4 is 22.8 Å². The van der Waals surface area contributed by atoms with Crippen LogP contribution >= 0.6 is 0 Å². The van der Waals surface area contributed by atoms with Gasteiger partial charge in [0.25, 0.3) is 28.2 Å². The van der Waals surface area contributed by atoms with Crippen LogP contribution in [0.5, 0.6) is 0 Å². The summed E-state index contributed by atoms with van der Waals surface area (Å²) in [5, 5.41) is 13.8. The van der Waals surface area contributed by atoms with E-state index in [1.165, 1.54) is 273 Å². The molecule has 10 aromatic carbocycles. The zero-order chi connectivity index (χ0) is 91.8. The van der Waals surface area contributed by atoms with E-state index >= 15 is 0 Å². The Bertz CT molecular complexity index is 9650. The predicted octanol–water partition coefficient (Wildman–Crippen LogP) is 26.0. The summed E-state index contributed by atoms with van der Waals surface area (Å²) in [5.74, 6) is 1.11. The summed E-state index contributed by atoms with van der Waals surface area (Å²) in [5.41, 5.74) is 45.3. The lowest BCUT2D eigenvalue weighted by Gasteiger charge is -2.39. The van der Waals surface area contributed by atoms with Crippen LogP contribution in [0.4, 0.5) is 0 Å². The molecule has 2 fully saturated rings. The van der Waals surface area contributed by atoms with Crippen molar-refractivity contribution in [2.45, 2.75) is 186 Å². The number of hydrogen-bond acceptors (Lipinski definition) is 5. The highest BCUT2D eigenvalue weighted by Crippen LogP contribution is 2.50. The van der Waals surface area contributed by atoms with Crippen LogP contribution in [-0.2, 0) is 32.7 Å². The van der Waals surface area contributed by atoms with Crippen LogP contribution in [0, 0.1) is 0 Å². The van der Waals surface area contributed by atoms with E-state index in [-0.39, 0.29) is 0 Å². The van der Waals surface area contributed by atoms with Gasteiger partial charge in [-0.15, -0.1) is 0 Å². The number of fused-ring (bicyclic) bond motifs is 30. The number of aromatic nitrogens is 15. The SMILES string of the molecule is CC(C)c1cccc2c1c1nccc3c1c1n2c2ccccc2[n+]1C3.C[Si](C)(C)C(c1cccc2c1c1nccc3c1c1n2c2ccccc2[n+]1C3)[Si](C)(C)C.[2H]C(C)(C)c1cccc2c1c1nccc3c1c1n2c2ccccc2[n+]1C3.c1cc(C2CCCC2)c2c3nccc4c3c3n(c2c1)c1ccccc1[n+]3C4.c1cc(C2CCCCC2)c2c3nccc4c3c3n(c2c1)c1ccccc1[n+]3C4. The molecule has 0 saturated heterocycles. The second kappa shape index (κ2) is 29.6. The standard InChI is InChI=1S/C26H30N3Si2.C25H22N3.C24H20N3.2C22H18N3/c1-30(2,3)26(31(4,5)6)18-10-9-13-21-23(18)24-22-17(14-15-27-24)16-28-19-11-7-8-12-20(19)29(21)25(22)28;1-2-7-16(8-3-1)18-9-6-12-21-23(18)24-22-17(13-14-26-24)15-27-19-10-4-5-11-20(19)28(21)25(22)27;1-2-7-15(6-1)17-8-5-11-20-22(17)23-21-16(12-13-25-23)14-26-18-9-3-4-10-19(18)27(20)24(21)26;2*1-13(2)15-6-5-9-18-20(15)21-19-14(10-11-23-21)12-24-16-7-3-4-8-17(16)25(18)22(19)24/h7-15,26H,16H2,1-6H3;4-6,9-14,16H,1-3,7-8,15H2;3-5,8-13,15H,1-2,6-7,14H2;2*3-11,13H,12H2,1-2H3/q5*+1/i;;;13D;. The number of nitrogens with zero attached hydrogens (tertiary/aromatic N) is 15. The van der Waals surface area contributed by atoms with Crippen molar-refractivity contribution >= 4 is 209 Å². The highest BCUT2D eigenvalue weighted by Gasteiger charge is 2.44. The molecule has 20 heterocycles. The Balaban J connectivity index is 0.0000000848. The van der Waals surface area contributed by atoms with Crippen LogP contribution in [0.1, 0.15) is 171 Å². The van der Waals surface area contributed by atoms with E-state index in [0.29, 0.717) is 22.9 Å². The fraction of sp³-hybridized carbons (Fsp3) is 0.244. The third-order valence-electron chi connectivity index (χ3n) is 32.1. The molecule has 32 rings (SSSR count). The molecule has 0 radical (unpaired) electrons. The molecular formula is C119H108N15Si2+5. The Hall–Kier alpha value is -14.3. The van der Waals surface area contributed by atoms with Gasteiger partial charge in [-0.3, -0.25) is 24.9 Å². The van der Waals surface area contributed by atoms with Gasteiger partial charge in [0, 0.05) is 76.3 Å². The summed E-state index contributed by atoms with van der Waals surface area (Å²) in [6.45, 7) is 28.4. The van der Waals surface area contributed by atoms with Gasteiger partial charge < -0.3 is 0 Å². The minimum atomic E-state index is -1.45. The first kappa shape index (κ1) is 79.1. The van der Waals surface area contributed by atoms with Gasteiger partial charge in [-0.1, -0.05) is 220 Å². The van der Waals surface area contributed by atoms with Gasteiger partial charge in [0.2, 0.25) is 0 Å². The average molecular weight is 1810 g/mol. The molecule has 0 N–H and O–H groups in total. The summed E-state index contributed by atoms with van der Waals surface area (Å²) < 4.78 is 33.3. The number of imidazole rings is 5. The average Bonchev–Trinajstić information content (AvgIpc) is 1.53. The molecule has 0 amide bonds. The second-order valence-electron chi connectivity index (χ2n) is 42.4. The van der Waals surface area contributed by atoms with Gasteiger partial charge in [0.05, 0.1) is 81.4 Å². The van der Waals surface area contributed by atoms with Crippen molar-refractivity contribution in [3.63, 3.8) is 0 Å². The van der Waals surface area contributed by atoms with E-state index in [9.17, 15) is 0 Å². The number of pyridine rings is 10. The van der Waals surface area contributed by atoms with Crippen molar-refractivity contribution in [2.75, 3.05) is 0 Å². The molecule has 0 unspecified atom stereocenters. The summed E-state index contributed by atoms with van der Waals surface area (Å²) in [4.78, 5) is 24.5. The van der Waals surface area contributed by atoms with E-state index in [1.54, 1.807) is 5.56 Å². The molecule has 0 spiro atoms. The van der Waals surface area contributed by atoms with Crippen LogP contribution in [0.25, 0.3) is 192 Å². The molecular weight excluding hydrogens is 1700 g/mol. The van der Waals surface area contributed by atoms with Crippen molar-refractivity contribution in [3.8, 4) is 0 Å². The Kier molecular flexibility index (Phi) is 17.2. The Labute approximate surface area is 789 Å². The van der Waals surface area contributed by atoms with E-state index < -0.39 is 22.0 Å². The van der Waals surface area contributed by atoms with Gasteiger partial charge in [0.1, 0.15) is 60.3 Å². The number of benzene rings is 10. The third kappa shape index (κ3) is 11.2. The van der Waals surface area contributed by atoms with Crippen molar-refractivity contribution in [3.05, 3.63) is 329 Å². The monoisotopic (exact) mass is 1800 g/mol. The van der Waals surface area contributed by atoms with Crippen molar-refractivity contribution in [2.24, 2.45) is 0 Å². The maximum atomic E-state index is 8.69. The molecule has 15 aromatic heterocycles. The van der Waals surface area contributed by atoms with Crippen molar-refractivity contribution in [1.29, 1.82) is 0 Å². The molecule has 17 heteroatoms. The van der Waals surface area contributed by atoms with Crippen molar-refractivity contribution < 1.29 is 24.2 Å². The van der Waals surface area contributed by atoms with Gasteiger partial charge in [-0.25, -0.2) is 22.8 Å². The van der Waals surface area contributed by atoms with Crippen LogP contribution in [0.2, 0.25) is 39.3 Å². The molecule has 0 bridgehead atoms. The molecule has 2 aliphatic carbocycles. The second-order valence-corrected chi connectivity index (χ2v) is 53.6. The molecule has 15 nitrogen and oxygen atoms in total. The minimum Gasteiger partial charge on any atom is -0.255 e. The van der Waals surface area contributed by atoms with Crippen molar-refractivity contribution in [1.82, 2.24) is 46.9 Å². The quantitative estimate of drug-likeness (QED) is 0.0898. The molecule has 7 aliphatic rings. The number of hydrogen-bond donors (Lipinski definition) is 0. The van der Waals surface area contributed by atoms with Gasteiger partial charge in [0.15, 0.2) is 55.2 Å². The third-order valence-corrected chi connectivity index (χ3v) is 41.4. The lowest BCUT2D eigenvalue weighted by molar-refractivity contribution is -0.631. The molecule has 2 saturated carbocycles. The Morgan fingerprint density at radius 3 is 0.801 bits per heavy atom. The maximum absolute atomic E-state index is 8.69. The fourth-order valence-corrected chi connectivity index (χ4v) is 40.0. The summed E-state index contributed by atoms with van der Waals surface area (Å²) in [7, 11) is -2.91. The first-order valence-corrected chi connectivity index (χ1v) is 56.7. The smallest absolute Gasteiger partial charge is 0.255 e. The summed E-state index contributed by atoms with van der Waals surface area (Å²) in [6, 6.07) is 88.5. The molecule has 0 atom stereocenters. The minimum absolute atomic E-state index is 0.463. The van der Waals surface area contributed by atoms with E-state index in [2.05, 4.69) is 341 Å². The highest BCUT2D eigenvalue weighted by molar-refractivity contribution is 6.96. The lowest BCUT2D eigenvalue weighted by Crippen LogP contribution is -2.46. The number of para-hydroxylation sites is 10. The summed E-state index contributed by atoms with van der Waals surface area (Å²) >= 11 is 0. The molecule has 25 aromatic rings. The predicted molar refractivity (Wildman–Crippen MR) is 560 cm³/mol. The van der Waals surface area contributed by atoms with E-state index in [0.717, 1.165) is 60.2 Å².